The van der Waals surface area contributed by atoms with Gasteiger partial charge in [0.05, 0.1) is 12.1 Å². The molecule has 1 aliphatic rings. The van der Waals surface area contributed by atoms with E-state index in [1.54, 1.807) is 0 Å². The van der Waals surface area contributed by atoms with Crippen LogP contribution in [0.1, 0.15) is 27.2 Å². The number of hydrogen-bond donors (Lipinski definition) is 2. The lowest BCUT2D eigenvalue weighted by molar-refractivity contribution is 0.0461. The molecule has 98 valence electrons. The fourth-order valence-corrected chi connectivity index (χ4v) is 1.73. The predicted molar refractivity (Wildman–Crippen MR) is 65.7 cm³/mol. The van der Waals surface area contributed by atoms with E-state index in [1.807, 2.05) is 20.8 Å². The van der Waals surface area contributed by atoms with Crippen molar-refractivity contribution >= 4 is 6.09 Å². The third-order valence-corrected chi connectivity index (χ3v) is 2.69. The van der Waals surface area contributed by atoms with Gasteiger partial charge in [0.1, 0.15) is 5.60 Å². The molecule has 0 aromatic heterocycles. The molecule has 1 amide bonds. The van der Waals surface area contributed by atoms with Crippen LogP contribution in [-0.4, -0.2) is 37.0 Å². The van der Waals surface area contributed by atoms with Crippen molar-refractivity contribution in [3.05, 3.63) is 12.2 Å². The van der Waals surface area contributed by atoms with Crippen LogP contribution >= 0.6 is 0 Å². The van der Waals surface area contributed by atoms with Gasteiger partial charge in [-0.1, -0.05) is 6.58 Å². The molecule has 1 heterocycles. The largest absolute Gasteiger partial charge is 0.444 e. The maximum absolute atomic E-state index is 11.8. The lowest BCUT2D eigenvalue weighted by Gasteiger charge is -2.31. The van der Waals surface area contributed by atoms with Crippen LogP contribution in [0.25, 0.3) is 0 Å². The first-order chi connectivity index (χ1) is 7.79. The Kier molecular flexibility index (Phi) is 4.16. The molecule has 3 N–H and O–H groups in total. The third-order valence-electron chi connectivity index (χ3n) is 2.69. The quantitative estimate of drug-likeness (QED) is 0.729. The summed E-state index contributed by atoms with van der Waals surface area (Å²) >= 11 is 0. The summed E-state index contributed by atoms with van der Waals surface area (Å²) in [4.78, 5) is 11.8. The van der Waals surface area contributed by atoms with Gasteiger partial charge >= 0.3 is 6.09 Å². The smallest absolute Gasteiger partial charge is 0.408 e. The molecule has 5 nitrogen and oxygen atoms in total. The van der Waals surface area contributed by atoms with Gasteiger partial charge in [-0.05, 0) is 26.3 Å². The second-order valence-corrected chi connectivity index (χ2v) is 5.32. The number of carbonyl (C=O) groups excluding carboxylic acids is 1. The van der Waals surface area contributed by atoms with Gasteiger partial charge in [-0.2, -0.15) is 0 Å². The van der Waals surface area contributed by atoms with Crippen LogP contribution in [0.15, 0.2) is 12.2 Å². The minimum Gasteiger partial charge on any atom is -0.444 e. The standard InChI is InChI=1S/C12H22N2O3/c1-9(7-13)12(5-6-16-8-12)14-10(15)17-11(2,3)4/h1,5-8,13H2,2-4H3,(H,14,15). The third kappa shape index (κ3) is 3.71. The number of carbonyl (C=O) groups is 1. The molecule has 0 bridgehead atoms. The summed E-state index contributed by atoms with van der Waals surface area (Å²) < 4.78 is 10.6. The van der Waals surface area contributed by atoms with Gasteiger partial charge in [-0.25, -0.2) is 4.79 Å². The van der Waals surface area contributed by atoms with Gasteiger partial charge in [0.15, 0.2) is 0 Å². The zero-order chi connectivity index (χ0) is 13.1. The van der Waals surface area contributed by atoms with E-state index in [4.69, 9.17) is 15.2 Å². The molecule has 1 atom stereocenters. The Hall–Kier alpha value is -1.07. The Morgan fingerprint density at radius 2 is 2.24 bits per heavy atom. The van der Waals surface area contributed by atoms with Crippen molar-refractivity contribution < 1.29 is 14.3 Å². The van der Waals surface area contributed by atoms with Crippen molar-refractivity contribution in [1.82, 2.24) is 5.32 Å². The van der Waals surface area contributed by atoms with Gasteiger partial charge in [0.2, 0.25) is 0 Å². The van der Waals surface area contributed by atoms with Crippen molar-refractivity contribution in [2.24, 2.45) is 5.73 Å². The number of nitrogens with one attached hydrogen (secondary N) is 1. The molecule has 0 aromatic carbocycles. The second-order valence-electron chi connectivity index (χ2n) is 5.32. The maximum Gasteiger partial charge on any atom is 0.408 e. The number of rotatable bonds is 3. The summed E-state index contributed by atoms with van der Waals surface area (Å²) in [5.74, 6) is 0. The number of ether oxygens (including phenoxy) is 2. The SMILES string of the molecule is C=C(CN)C1(NC(=O)OC(C)(C)C)CCOC1. The van der Waals surface area contributed by atoms with Crippen LogP contribution in [-0.2, 0) is 9.47 Å². The first-order valence-corrected chi connectivity index (χ1v) is 5.76. The Labute approximate surface area is 102 Å². The van der Waals surface area contributed by atoms with Crippen molar-refractivity contribution in [2.45, 2.75) is 38.3 Å². The Bertz CT molecular complexity index is 301. The first kappa shape index (κ1) is 14.0. The summed E-state index contributed by atoms with van der Waals surface area (Å²) in [6.07, 6.45) is 0.222. The van der Waals surface area contributed by atoms with Gasteiger partial charge in [0, 0.05) is 19.6 Å². The maximum atomic E-state index is 11.8. The van der Waals surface area contributed by atoms with Crippen molar-refractivity contribution in [3.63, 3.8) is 0 Å². The molecule has 1 fully saturated rings. The lowest BCUT2D eigenvalue weighted by Crippen LogP contribution is -2.53. The first-order valence-electron chi connectivity index (χ1n) is 5.76. The van der Waals surface area contributed by atoms with Gasteiger partial charge in [0.25, 0.3) is 0 Å². The second kappa shape index (κ2) is 5.06. The van der Waals surface area contributed by atoms with E-state index in [9.17, 15) is 4.79 Å². The predicted octanol–water partition coefficient (Wildman–Crippen LogP) is 1.19. The van der Waals surface area contributed by atoms with Crippen LogP contribution in [0.2, 0.25) is 0 Å². The monoisotopic (exact) mass is 242 g/mol. The zero-order valence-corrected chi connectivity index (χ0v) is 10.8. The Morgan fingerprint density at radius 1 is 1.59 bits per heavy atom. The molecule has 0 aromatic rings. The highest BCUT2D eigenvalue weighted by molar-refractivity contribution is 5.69. The summed E-state index contributed by atoms with van der Waals surface area (Å²) in [6.45, 7) is 10.7. The normalized spacial score (nSPS) is 24.5. The number of alkyl carbamates (subject to hydrolysis) is 1. The van der Waals surface area contributed by atoms with Crippen LogP contribution in [0.5, 0.6) is 0 Å². The summed E-state index contributed by atoms with van der Waals surface area (Å²) in [5.41, 5.74) is 5.27. The fourth-order valence-electron chi connectivity index (χ4n) is 1.73. The molecule has 0 saturated carbocycles. The zero-order valence-electron chi connectivity index (χ0n) is 10.8. The minimum absolute atomic E-state index is 0.319. The Morgan fingerprint density at radius 3 is 2.65 bits per heavy atom. The van der Waals surface area contributed by atoms with E-state index in [0.29, 0.717) is 26.2 Å². The fraction of sp³-hybridized carbons (Fsp3) is 0.750. The summed E-state index contributed by atoms with van der Waals surface area (Å²) in [7, 11) is 0. The van der Waals surface area contributed by atoms with Crippen molar-refractivity contribution in [2.75, 3.05) is 19.8 Å². The van der Waals surface area contributed by atoms with E-state index in [-0.39, 0.29) is 0 Å². The summed E-state index contributed by atoms with van der Waals surface area (Å²) in [5, 5.41) is 2.83. The molecule has 0 radical (unpaired) electrons. The van der Waals surface area contributed by atoms with Crippen molar-refractivity contribution in [3.8, 4) is 0 Å². The lowest BCUT2D eigenvalue weighted by atomic mass is 9.90. The molecule has 1 aliphatic heterocycles. The van der Waals surface area contributed by atoms with Gasteiger partial charge < -0.3 is 20.5 Å². The van der Waals surface area contributed by atoms with Crippen molar-refractivity contribution in [1.29, 1.82) is 0 Å². The highest BCUT2D eigenvalue weighted by Crippen LogP contribution is 2.26. The molecule has 1 rings (SSSR count). The molecule has 0 spiro atoms. The minimum atomic E-state index is -0.572. The molecule has 17 heavy (non-hydrogen) atoms. The van der Waals surface area contributed by atoms with E-state index in [1.165, 1.54) is 0 Å². The van der Waals surface area contributed by atoms with Crippen LogP contribution in [0.3, 0.4) is 0 Å². The van der Waals surface area contributed by atoms with Gasteiger partial charge in [-0.15, -0.1) is 0 Å². The number of nitrogens with two attached hydrogens (primary N) is 1. The average molecular weight is 242 g/mol. The highest BCUT2D eigenvalue weighted by Gasteiger charge is 2.39. The topological polar surface area (TPSA) is 73.6 Å². The van der Waals surface area contributed by atoms with Crippen LogP contribution < -0.4 is 11.1 Å². The molecular weight excluding hydrogens is 220 g/mol. The van der Waals surface area contributed by atoms with E-state index in [2.05, 4.69) is 11.9 Å². The molecule has 0 aliphatic carbocycles. The molecule has 5 heteroatoms. The number of amides is 1. The highest BCUT2D eigenvalue weighted by atomic mass is 16.6. The number of hydrogen-bond acceptors (Lipinski definition) is 4. The van der Waals surface area contributed by atoms with Crippen LogP contribution in [0.4, 0.5) is 4.79 Å². The average Bonchev–Trinajstić information content (AvgIpc) is 2.63. The van der Waals surface area contributed by atoms with E-state index in [0.717, 1.165) is 5.57 Å². The summed E-state index contributed by atoms with van der Waals surface area (Å²) in [6, 6.07) is 0. The Balaban J connectivity index is 2.68. The van der Waals surface area contributed by atoms with E-state index < -0.39 is 17.2 Å². The molecule has 1 saturated heterocycles. The van der Waals surface area contributed by atoms with E-state index >= 15 is 0 Å². The van der Waals surface area contributed by atoms with Crippen LogP contribution in [0, 0.1) is 0 Å². The van der Waals surface area contributed by atoms with Gasteiger partial charge in [-0.3, -0.25) is 0 Å². The molecule has 1 unspecified atom stereocenters. The molecular formula is C12H22N2O3.